The number of carbonyl (C=O) groups excluding carboxylic acids is 1. The van der Waals surface area contributed by atoms with Crippen LogP contribution in [0.3, 0.4) is 0 Å². The summed E-state index contributed by atoms with van der Waals surface area (Å²) in [5.74, 6) is -0.562. The monoisotopic (exact) mass is 255 g/mol. The highest BCUT2D eigenvalue weighted by Crippen LogP contribution is 2.19. The van der Waals surface area contributed by atoms with Gasteiger partial charge in [-0.2, -0.15) is 0 Å². The van der Waals surface area contributed by atoms with Crippen LogP contribution in [-0.2, 0) is 11.2 Å². The first-order chi connectivity index (χ1) is 8.19. The van der Waals surface area contributed by atoms with Gasteiger partial charge in [-0.05, 0) is 0 Å². The van der Waals surface area contributed by atoms with Gasteiger partial charge >= 0.3 is 5.97 Å². The van der Waals surface area contributed by atoms with E-state index in [0.29, 0.717) is 11.3 Å². The fraction of sp³-hybridized carbons (Fsp3) is 0.300. The predicted molar refractivity (Wildman–Crippen MR) is 60.1 cm³/mol. The van der Waals surface area contributed by atoms with Gasteiger partial charge in [0.1, 0.15) is 0 Å². The fourth-order valence-corrected chi connectivity index (χ4v) is 1.79. The topological polar surface area (TPSA) is 76.7 Å². The van der Waals surface area contributed by atoms with Crippen LogP contribution in [-0.4, -0.2) is 39.2 Å². The molecule has 0 atom stereocenters. The molecule has 0 spiro atoms. The van der Waals surface area contributed by atoms with Crippen LogP contribution in [0.5, 0.6) is 0 Å². The highest BCUT2D eigenvalue weighted by atomic mass is 35.5. The number of aliphatic hydroxyl groups is 1. The van der Waals surface area contributed by atoms with Crippen molar-refractivity contribution in [3.63, 3.8) is 0 Å². The molecule has 0 unspecified atom stereocenters. The van der Waals surface area contributed by atoms with Crippen molar-refractivity contribution in [1.29, 1.82) is 0 Å². The van der Waals surface area contributed by atoms with Gasteiger partial charge in [-0.25, -0.2) is 14.8 Å². The Morgan fingerprint density at radius 3 is 3.06 bits per heavy atom. The molecule has 6 nitrogen and oxygen atoms in total. The number of nitrogens with zero attached hydrogens (tertiary/aromatic N) is 3. The normalized spacial score (nSPS) is 10.8. The van der Waals surface area contributed by atoms with Gasteiger partial charge in [0.2, 0.25) is 0 Å². The van der Waals surface area contributed by atoms with E-state index in [0.717, 1.165) is 0 Å². The zero-order chi connectivity index (χ0) is 12.4. The van der Waals surface area contributed by atoms with Crippen molar-refractivity contribution in [3.05, 3.63) is 28.9 Å². The molecule has 2 aromatic rings. The molecule has 7 heteroatoms. The van der Waals surface area contributed by atoms with Gasteiger partial charge in [0.25, 0.3) is 0 Å². The Kier molecular flexibility index (Phi) is 3.26. The molecule has 0 aliphatic carbocycles. The standard InChI is InChI=1S/C10H10ClN3O3/c1-17-10(16)7-6(2-5-15)14-4-3-12-8(11)9(14)13-7/h3-4,15H,2,5H2,1H3. The zero-order valence-electron chi connectivity index (χ0n) is 9.05. The van der Waals surface area contributed by atoms with Crippen molar-refractivity contribution < 1.29 is 14.6 Å². The van der Waals surface area contributed by atoms with Crippen LogP contribution in [0.15, 0.2) is 12.4 Å². The van der Waals surface area contributed by atoms with Crippen LogP contribution in [0, 0.1) is 0 Å². The third kappa shape index (κ3) is 1.96. The van der Waals surface area contributed by atoms with Crippen molar-refractivity contribution in [3.8, 4) is 0 Å². The molecule has 0 aromatic carbocycles. The Labute approximate surface area is 102 Å². The third-order valence-corrected chi connectivity index (χ3v) is 2.59. The average molecular weight is 256 g/mol. The van der Waals surface area contributed by atoms with E-state index in [1.807, 2.05) is 0 Å². The molecule has 0 saturated carbocycles. The molecule has 2 rings (SSSR count). The number of halogens is 1. The second-order valence-electron chi connectivity index (χ2n) is 3.28. The lowest BCUT2D eigenvalue weighted by atomic mass is 10.2. The number of aromatic nitrogens is 3. The van der Waals surface area contributed by atoms with Crippen LogP contribution in [0.25, 0.3) is 5.65 Å². The highest BCUT2D eigenvalue weighted by Gasteiger charge is 2.20. The van der Waals surface area contributed by atoms with Crippen LogP contribution >= 0.6 is 11.6 Å². The fourth-order valence-electron chi connectivity index (χ4n) is 1.60. The van der Waals surface area contributed by atoms with Gasteiger partial charge in [0.15, 0.2) is 16.5 Å². The lowest BCUT2D eigenvalue weighted by molar-refractivity contribution is 0.0593. The first-order valence-electron chi connectivity index (χ1n) is 4.89. The van der Waals surface area contributed by atoms with E-state index in [9.17, 15) is 4.79 Å². The number of ether oxygens (including phenoxy) is 1. The molecule has 0 bridgehead atoms. The summed E-state index contributed by atoms with van der Waals surface area (Å²) in [6.45, 7) is -0.0995. The maximum absolute atomic E-state index is 11.5. The summed E-state index contributed by atoms with van der Waals surface area (Å²) in [6, 6.07) is 0. The largest absolute Gasteiger partial charge is 0.464 e. The Balaban J connectivity index is 2.70. The minimum atomic E-state index is -0.562. The number of fused-ring (bicyclic) bond motifs is 1. The molecule has 2 aromatic heterocycles. The maximum atomic E-state index is 11.5. The number of carbonyl (C=O) groups is 1. The van der Waals surface area contributed by atoms with E-state index in [1.165, 1.54) is 13.3 Å². The molecular weight excluding hydrogens is 246 g/mol. The smallest absolute Gasteiger partial charge is 0.358 e. The van der Waals surface area contributed by atoms with Crippen molar-refractivity contribution in [2.75, 3.05) is 13.7 Å². The molecule has 0 radical (unpaired) electrons. The molecule has 90 valence electrons. The summed E-state index contributed by atoms with van der Waals surface area (Å²) in [6.07, 6.45) is 3.41. The van der Waals surface area contributed by atoms with Crippen LogP contribution in [0.2, 0.25) is 5.15 Å². The number of aliphatic hydroxyl groups excluding tert-OH is 1. The minimum Gasteiger partial charge on any atom is -0.464 e. The molecule has 0 aliphatic heterocycles. The van der Waals surface area contributed by atoms with Gasteiger partial charge < -0.3 is 9.84 Å². The molecule has 2 heterocycles. The van der Waals surface area contributed by atoms with E-state index >= 15 is 0 Å². The zero-order valence-corrected chi connectivity index (χ0v) is 9.81. The molecule has 0 aliphatic rings. The second kappa shape index (κ2) is 4.68. The summed E-state index contributed by atoms with van der Waals surface area (Å²) < 4.78 is 6.26. The Morgan fingerprint density at radius 1 is 1.65 bits per heavy atom. The average Bonchev–Trinajstić information content (AvgIpc) is 2.70. The third-order valence-electron chi connectivity index (χ3n) is 2.33. The molecule has 0 amide bonds. The Hall–Kier alpha value is -1.66. The maximum Gasteiger partial charge on any atom is 0.358 e. The lowest BCUT2D eigenvalue weighted by Gasteiger charge is -2.01. The summed E-state index contributed by atoms with van der Waals surface area (Å²) in [4.78, 5) is 19.5. The van der Waals surface area contributed by atoms with Crippen molar-refractivity contribution >= 4 is 23.2 Å². The summed E-state index contributed by atoms with van der Waals surface area (Å²) >= 11 is 5.88. The number of rotatable bonds is 3. The molecular formula is C10H10ClN3O3. The highest BCUT2D eigenvalue weighted by molar-refractivity contribution is 6.32. The number of hydrogen-bond acceptors (Lipinski definition) is 5. The SMILES string of the molecule is COC(=O)c1nc2c(Cl)nccn2c1CCO. The van der Waals surface area contributed by atoms with E-state index in [2.05, 4.69) is 14.7 Å². The summed E-state index contributed by atoms with van der Waals surface area (Å²) in [5, 5.41) is 9.20. The molecule has 1 N–H and O–H groups in total. The van der Waals surface area contributed by atoms with Gasteiger partial charge in [-0.3, -0.25) is 4.40 Å². The number of esters is 1. The summed E-state index contributed by atoms with van der Waals surface area (Å²) in [5.41, 5.74) is 1.08. The second-order valence-corrected chi connectivity index (χ2v) is 3.64. The van der Waals surface area contributed by atoms with E-state index in [4.69, 9.17) is 16.7 Å². The predicted octanol–water partition coefficient (Wildman–Crippen LogP) is 0.704. The van der Waals surface area contributed by atoms with Crippen molar-refractivity contribution in [2.45, 2.75) is 6.42 Å². The Morgan fingerprint density at radius 2 is 2.41 bits per heavy atom. The first kappa shape index (κ1) is 11.8. The Bertz CT molecular complexity index is 567. The first-order valence-corrected chi connectivity index (χ1v) is 5.27. The van der Waals surface area contributed by atoms with Crippen molar-refractivity contribution in [2.24, 2.45) is 0 Å². The number of hydrogen-bond donors (Lipinski definition) is 1. The van der Waals surface area contributed by atoms with Crippen molar-refractivity contribution in [1.82, 2.24) is 14.4 Å². The lowest BCUT2D eigenvalue weighted by Crippen LogP contribution is -2.08. The van der Waals surface area contributed by atoms with Gasteiger partial charge in [-0.15, -0.1) is 0 Å². The van der Waals surface area contributed by atoms with E-state index < -0.39 is 5.97 Å². The van der Waals surface area contributed by atoms with Gasteiger partial charge in [0, 0.05) is 25.4 Å². The van der Waals surface area contributed by atoms with Crippen LogP contribution in [0.1, 0.15) is 16.2 Å². The number of imidazole rings is 1. The van der Waals surface area contributed by atoms with E-state index in [1.54, 1.807) is 10.6 Å². The van der Waals surface area contributed by atoms with E-state index in [-0.39, 0.29) is 23.9 Å². The van der Waals surface area contributed by atoms with Crippen LogP contribution in [0.4, 0.5) is 0 Å². The molecule has 0 fully saturated rings. The minimum absolute atomic E-state index is 0.0995. The molecule has 17 heavy (non-hydrogen) atoms. The van der Waals surface area contributed by atoms with Gasteiger partial charge in [0.05, 0.1) is 12.8 Å². The van der Waals surface area contributed by atoms with Crippen LogP contribution < -0.4 is 0 Å². The molecule has 0 saturated heterocycles. The quantitative estimate of drug-likeness (QED) is 0.817. The number of methoxy groups -OCH3 is 1. The van der Waals surface area contributed by atoms with Gasteiger partial charge in [-0.1, -0.05) is 11.6 Å². The summed E-state index contributed by atoms with van der Waals surface area (Å²) in [7, 11) is 1.27.